The fraction of sp³-hybridized carbons (Fsp3) is 0.500. The Morgan fingerprint density at radius 3 is 2.84 bits per heavy atom. The zero-order valence-electron chi connectivity index (χ0n) is 10.8. The van der Waals surface area contributed by atoms with E-state index in [1.54, 1.807) is 13.2 Å². The van der Waals surface area contributed by atoms with E-state index >= 15 is 0 Å². The number of halogens is 2. The summed E-state index contributed by atoms with van der Waals surface area (Å²) in [4.78, 5) is 12.2. The van der Waals surface area contributed by atoms with Gasteiger partial charge in [0.2, 0.25) is 0 Å². The van der Waals surface area contributed by atoms with Crippen molar-refractivity contribution in [2.75, 3.05) is 19.5 Å². The van der Waals surface area contributed by atoms with E-state index in [9.17, 15) is 4.79 Å². The molecule has 19 heavy (non-hydrogen) atoms. The van der Waals surface area contributed by atoms with Crippen LogP contribution in [0.1, 0.15) is 29.6 Å². The molecule has 1 aliphatic carbocycles. The molecule has 1 aliphatic rings. The zero-order valence-corrected chi connectivity index (χ0v) is 13.2. The van der Waals surface area contributed by atoms with Crippen LogP contribution < -0.4 is 10.1 Å². The summed E-state index contributed by atoms with van der Waals surface area (Å²) in [6.07, 6.45) is 3.27. The molecule has 1 aromatic rings. The second kappa shape index (κ2) is 6.14. The predicted molar refractivity (Wildman–Crippen MR) is 80.0 cm³/mol. The molecule has 0 bridgehead atoms. The molecule has 0 saturated heterocycles. The van der Waals surface area contributed by atoms with Gasteiger partial charge in [-0.1, -0.05) is 0 Å². The Labute approximate surface area is 126 Å². The van der Waals surface area contributed by atoms with Gasteiger partial charge in [-0.05, 0) is 58.8 Å². The van der Waals surface area contributed by atoms with Crippen LogP contribution in [0.4, 0.5) is 0 Å². The van der Waals surface area contributed by atoms with Crippen molar-refractivity contribution < 1.29 is 9.53 Å². The summed E-state index contributed by atoms with van der Waals surface area (Å²) in [7, 11) is 1.59. The van der Waals surface area contributed by atoms with Gasteiger partial charge >= 0.3 is 0 Å². The molecule has 0 spiro atoms. The van der Waals surface area contributed by atoms with E-state index in [1.807, 2.05) is 12.1 Å². The van der Waals surface area contributed by atoms with Crippen LogP contribution in [0.5, 0.6) is 5.75 Å². The van der Waals surface area contributed by atoms with Gasteiger partial charge in [-0.2, -0.15) is 0 Å². The van der Waals surface area contributed by atoms with Crippen LogP contribution in [0, 0.1) is 5.41 Å². The van der Waals surface area contributed by atoms with E-state index in [0.717, 1.165) is 23.7 Å². The van der Waals surface area contributed by atoms with E-state index in [1.165, 1.54) is 0 Å². The number of benzene rings is 1. The van der Waals surface area contributed by atoms with Crippen molar-refractivity contribution in [1.29, 1.82) is 0 Å². The third kappa shape index (κ3) is 3.63. The van der Waals surface area contributed by atoms with Gasteiger partial charge in [-0.3, -0.25) is 4.79 Å². The highest BCUT2D eigenvalue weighted by atomic mass is 79.9. The van der Waals surface area contributed by atoms with Crippen LogP contribution in [0.15, 0.2) is 22.7 Å². The number of ether oxygens (including phenoxy) is 1. The number of hydrogen-bond acceptors (Lipinski definition) is 2. The number of carbonyl (C=O) groups is 1. The highest BCUT2D eigenvalue weighted by Crippen LogP contribution is 2.48. The molecule has 2 rings (SSSR count). The number of nitrogens with one attached hydrogen (secondary N) is 1. The quantitative estimate of drug-likeness (QED) is 0.799. The minimum absolute atomic E-state index is 0.0772. The standard InChI is InChI=1S/C14H17BrClNO2/c1-19-10-2-3-12(15)11(8-10)13(18)17-9-14(4-5-14)6-7-16/h2-3,8H,4-7,9H2,1H3,(H,17,18). The van der Waals surface area contributed by atoms with Crippen LogP contribution in [0.2, 0.25) is 0 Å². The minimum atomic E-state index is -0.0772. The number of carbonyl (C=O) groups excluding carboxylic acids is 1. The fourth-order valence-corrected chi connectivity index (χ4v) is 2.89. The Morgan fingerprint density at radius 1 is 1.53 bits per heavy atom. The van der Waals surface area contributed by atoms with Crippen LogP contribution >= 0.6 is 27.5 Å². The number of hydrogen-bond donors (Lipinski definition) is 1. The molecule has 1 N–H and O–H groups in total. The Bertz CT molecular complexity index is 475. The first-order valence-corrected chi connectivity index (χ1v) is 7.61. The predicted octanol–water partition coefficient (Wildman–Crippen LogP) is 3.60. The van der Waals surface area contributed by atoms with Crippen LogP contribution in [-0.4, -0.2) is 25.4 Å². The minimum Gasteiger partial charge on any atom is -0.497 e. The van der Waals surface area contributed by atoms with Crippen molar-refractivity contribution in [3.63, 3.8) is 0 Å². The Hall–Kier alpha value is -0.740. The maximum absolute atomic E-state index is 12.2. The molecular formula is C14H17BrClNO2. The largest absolute Gasteiger partial charge is 0.497 e. The average Bonchev–Trinajstić information content (AvgIpc) is 3.17. The molecule has 0 atom stereocenters. The lowest BCUT2D eigenvalue weighted by Gasteiger charge is -2.15. The van der Waals surface area contributed by atoms with Crippen LogP contribution in [-0.2, 0) is 0 Å². The summed E-state index contributed by atoms with van der Waals surface area (Å²) in [6.45, 7) is 0.697. The molecule has 0 unspecified atom stereocenters. The molecule has 0 radical (unpaired) electrons. The maximum Gasteiger partial charge on any atom is 0.252 e. The molecule has 1 amide bonds. The van der Waals surface area contributed by atoms with Gasteiger partial charge in [0.05, 0.1) is 12.7 Å². The highest BCUT2D eigenvalue weighted by Gasteiger charge is 2.41. The van der Waals surface area contributed by atoms with Crippen molar-refractivity contribution in [3.05, 3.63) is 28.2 Å². The Kier molecular flexibility index (Phi) is 4.74. The molecule has 1 saturated carbocycles. The summed E-state index contributed by atoms with van der Waals surface area (Å²) >= 11 is 9.18. The topological polar surface area (TPSA) is 38.3 Å². The Morgan fingerprint density at radius 2 is 2.26 bits per heavy atom. The lowest BCUT2D eigenvalue weighted by Crippen LogP contribution is -2.30. The Balaban J connectivity index is 2.00. The zero-order chi connectivity index (χ0) is 13.9. The molecule has 3 nitrogen and oxygen atoms in total. The van der Waals surface area contributed by atoms with Gasteiger partial charge in [-0.25, -0.2) is 0 Å². The van der Waals surface area contributed by atoms with Gasteiger partial charge in [0, 0.05) is 16.9 Å². The van der Waals surface area contributed by atoms with Gasteiger partial charge in [0.25, 0.3) is 5.91 Å². The molecule has 0 aromatic heterocycles. The molecule has 1 fully saturated rings. The number of rotatable bonds is 6. The van der Waals surface area contributed by atoms with Crippen molar-refractivity contribution in [2.45, 2.75) is 19.3 Å². The third-order valence-electron chi connectivity index (χ3n) is 3.62. The molecular weight excluding hydrogens is 330 g/mol. The molecule has 0 heterocycles. The van der Waals surface area contributed by atoms with Crippen molar-refractivity contribution in [3.8, 4) is 5.75 Å². The first-order valence-electron chi connectivity index (χ1n) is 6.28. The van der Waals surface area contributed by atoms with Crippen molar-refractivity contribution in [1.82, 2.24) is 5.32 Å². The summed E-state index contributed by atoms with van der Waals surface area (Å²) in [6, 6.07) is 5.37. The second-order valence-electron chi connectivity index (χ2n) is 4.97. The van der Waals surface area contributed by atoms with Crippen molar-refractivity contribution in [2.24, 2.45) is 5.41 Å². The monoisotopic (exact) mass is 345 g/mol. The average molecular weight is 347 g/mol. The number of amides is 1. The normalized spacial score (nSPS) is 15.9. The molecule has 5 heteroatoms. The van der Waals surface area contributed by atoms with Crippen molar-refractivity contribution >= 4 is 33.4 Å². The lowest BCUT2D eigenvalue weighted by atomic mass is 10.0. The smallest absolute Gasteiger partial charge is 0.252 e. The number of methoxy groups -OCH3 is 1. The van der Waals surface area contributed by atoms with Gasteiger partial charge in [0.15, 0.2) is 0 Å². The molecule has 104 valence electrons. The van der Waals surface area contributed by atoms with E-state index in [4.69, 9.17) is 16.3 Å². The maximum atomic E-state index is 12.2. The summed E-state index contributed by atoms with van der Waals surface area (Å²) in [5, 5.41) is 3.00. The first-order chi connectivity index (χ1) is 9.10. The van der Waals surface area contributed by atoms with E-state index in [2.05, 4.69) is 21.2 Å². The van der Waals surface area contributed by atoms with Gasteiger partial charge < -0.3 is 10.1 Å². The van der Waals surface area contributed by atoms with Gasteiger partial charge in [-0.15, -0.1) is 11.6 Å². The summed E-state index contributed by atoms with van der Waals surface area (Å²) in [5.74, 6) is 1.25. The van der Waals surface area contributed by atoms with Crippen LogP contribution in [0.3, 0.4) is 0 Å². The number of alkyl halides is 1. The summed E-state index contributed by atoms with van der Waals surface area (Å²) < 4.78 is 5.91. The highest BCUT2D eigenvalue weighted by molar-refractivity contribution is 9.10. The first kappa shape index (κ1) is 14.7. The third-order valence-corrected chi connectivity index (χ3v) is 4.50. The fourth-order valence-electron chi connectivity index (χ4n) is 2.06. The second-order valence-corrected chi connectivity index (χ2v) is 6.20. The summed E-state index contributed by atoms with van der Waals surface area (Å²) in [5.41, 5.74) is 0.837. The van der Waals surface area contributed by atoms with Crippen LogP contribution in [0.25, 0.3) is 0 Å². The van der Waals surface area contributed by atoms with E-state index in [0.29, 0.717) is 23.7 Å². The van der Waals surface area contributed by atoms with Gasteiger partial charge in [0.1, 0.15) is 5.75 Å². The molecule has 0 aliphatic heterocycles. The lowest BCUT2D eigenvalue weighted by molar-refractivity contribution is 0.0943. The van der Waals surface area contributed by atoms with E-state index < -0.39 is 0 Å². The SMILES string of the molecule is COc1ccc(Br)c(C(=O)NCC2(CCCl)CC2)c1. The molecule has 1 aromatic carbocycles. The van der Waals surface area contributed by atoms with E-state index in [-0.39, 0.29) is 11.3 Å².